The minimum absolute atomic E-state index is 0.0479. The number of aromatic hydroxyl groups is 1. The number of imidazole rings is 1. The van der Waals surface area contributed by atoms with Crippen LogP contribution in [0.3, 0.4) is 0 Å². The number of piperazine rings is 1. The standard InChI is InChI=1S/C35H45N5O3S/c1-5-26(6-2)40-30-16-14-25(22-29(30)36-33(40)23-27-10-9-21-44-27)34(42)37-28(15-13-24(3)4)35(43)39-19-17-38(18-20-39)31-11-7-8-12-32(31)41/h7-12,14,16,21-22,24,26,28,41H,5-6,13,15,17-20,23H2,1-4H3,(H,37,42). The Bertz CT molecular complexity index is 1550. The number of anilines is 1. The molecule has 1 aliphatic rings. The van der Waals surface area contributed by atoms with Crippen molar-refractivity contribution in [1.29, 1.82) is 0 Å². The minimum atomic E-state index is -0.603. The highest BCUT2D eigenvalue weighted by Gasteiger charge is 2.30. The van der Waals surface area contributed by atoms with Gasteiger partial charge in [0.05, 0.1) is 16.7 Å². The number of hydrogen-bond donors (Lipinski definition) is 2. The number of phenolic OH excluding ortho intramolecular Hbond substituents is 1. The van der Waals surface area contributed by atoms with Crippen molar-refractivity contribution in [2.75, 3.05) is 31.1 Å². The van der Waals surface area contributed by atoms with E-state index in [9.17, 15) is 14.7 Å². The van der Waals surface area contributed by atoms with Crippen LogP contribution in [0.15, 0.2) is 60.0 Å². The van der Waals surface area contributed by atoms with Gasteiger partial charge in [-0.3, -0.25) is 9.59 Å². The van der Waals surface area contributed by atoms with Gasteiger partial charge in [0.2, 0.25) is 5.91 Å². The van der Waals surface area contributed by atoms with Gasteiger partial charge in [-0.1, -0.05) is 45.9 Å². The number of aromatic nitrogens is 2. The molecule has 2 aromatic carbocycles. The number of amides is 2. The fourth-order valence-electron chi connectivity index (χ4n) is 6.16. The van der Waals surface area contributed by atoms with Crippen LogP contribution in [0.4, 0.5) is 5.69 Å². The van der Waals surface area contributed by atoms with E-state index < -0.39 is 6.04 Å². The lowest BCUT2D eigenvalue weighted by molar-refractivity contribution is -0.133. The lowest BCUT2D eigenvalue weighted by atomic mass is 10.0. The summed E-state index contributed by atoms with van der Waals surface area (Å²) in [5.74, 6) is 1.37. The Morgan fingerprint density at radius 3 is 2.39 bits per heavy atom. The smallest absolute Gasteiger partial charge is 0.252 e. The fourth-order valence-corrected chi connectivity index (χ4v) is 6.87. The number of rotatable bonds is 12. The molecule has 0 saturated carbocycles. The molecule has 0 spiro atoms. The van der Waals surface area contributed by atoms with Crippen LogP contribution < -0.4 is 10.2 Å². The first-order valence-corrected chi connectivity index (χ1v) is 16.8. The third-order valence-electron chi connectivity index (χ3n) is 8.69. The van der Waals surface area contributed by atoms with Crippen LogP contribution in [-0.2, 0) is 11.2 Å². The van der Waals surface area contributed by atoms with Crippen LogP contribution in [0.5, 0.6) is 5.75 Å². The third kappa shape index (κ3) is 7.09. The number of hydrogen-bond acceptors (Lipinski definition) is 6. The SMILES string of the molecule is CCC(CC)n1c(Cc2cccs2)nc2cc(C(=O)NC(CCC(C)C)C(=O)N3CCN(c4ccccc4O)CC3)ccc21. The number of carbonyl (C=O) groups excluding carboxylic acids is 2. The summed E-state index contributed by atoms with van der Waals surface area (Å²) < 4.78 is 2.35. The summed E-state index contributed by atoms with van der Waals surface area (Å²) in [7, 11) is 0. The van der Waals surface area contributed by atoms with E-state index in [2.05, 4.69) is 60.0 Å². The van der Waals surface area contributed by atoms with Gasteiger partial charge in [-0.25, -0.2) is 4.98 Å². The zero-order chi connectivity index (χ0) is 31.2. The highest BCUT2D eigenvalue weighted by Crippen LogP contribution is 2.29. The number of para-hydroxylation sites is 2. The predicted molar refractivity (Wildman–Crippen MR) is 179 cm³/mol. The molecule has 2 amide bonds. The monoisotopic (exact) mass is 615 g/mol. The van der Waals surface area contributed by atoms with Gasteiger partial charge in [0.15, 0.2) is 0 Å². The molecule has 1 fully saturated rings. The lowest BCUT2D eigenvalue weighted by Crippen LogP contribution is -2.55. The maximum atomic E-state index is 13.8. The Balaban J connectivity index is 1.33. The second-order valence-corrected chi connectivity index (χ2v) is 13.2. The third-order valence-corrected chi connectivity index (χ3v) is 9.57. The molecular formula is C35H45N5O3S. The predicted octanol–water partition coefficient (Wildman–Crippen LogP) is 6.64. The summed E-state index contributed by atoms with van der Waals surface area (Å²) in [4.78, 5) is 37.7. The van der Waals surface area contributed by atoms with Crippen molar-refractivity contribution < 1.29 is 14.7 Å². The van der Waals surface area contributed by atoms with Crippen LogP contribution in [-0.4, -0.2) is 63.6 Å². The second-order valence-electron chi connectivity index (χ2n) is 12.1. The van der Waals surface area contributed by atoms with E-state index in [1.54, 1.807) is 23.5 Å². The highest BCUT2D eigenvalue weighted by molar-refractivity contribution is 7.09. The van der Waals surface area contributed by atoms with Crippen LogP contribution in [0.2, 0.25) is 0 Å². The van der Waals surface area contributed by atoms with Crippen molar-refractivity contribution >= 4 is 39.9 Å². The molecule has 1 aliphatic heterocycles. The number of nitrogens with one attached hydrogen (secondary N) is 1. The van der Waals surface area contributed by atoms with Gasteiger partial charge in [0.25, 0.3) is 5.91 Å². The Morgan fingerprint density at radius 2 is 1.73 bits per heavy atom. The van der Waals surface area contributed by atoms with Crippen molar-refractivity contribution in [2.24, 2.45) is 5.92 Å². The molecule has 1 saturated heterocycles. The number of thiophene rings is 1. The molecule has 4 aromatic rings. The number of phenols is 1. The molecule has 0 radical (unpaired) electrons. The molecule has 3 heterocycles. The number of fused-ring (bicyclic) bond motifs is 1. The van der Waals surface area contributed by atoms with Gasteiger partial charge in [0, 0.05) is 49.1 Å². The van der Waals surface area contributed by atoms with Gasteiger partial charge in [-0.15, -0.1) is 11.3 Å². The molecule has 0 bridgehead atoms. The number of nitrogens with zero attached hydrogens (tertiary/aromatic N) is 4. The normalized spacial score (nSPS) is 14.5. The van der Waals surface area contributed by atoms with Crippen molar-refractivity contribution in [2.45, 2.75) is 71.9 Å². The zero-order valence-corrected chi connectivity index (χ0v) is 27.1. The average Bonchev–Trinajstić information content (AvgIpc) is 3.67. The minimum Gasteiger partial charge on any atom is -0.506 e. The molecule has 8 nitrogen and oxygen atoms in total. The van der Waals surface area contributed by atoms with Crippen LogP contribution in [0.1, 0.15) is 80.5 Å². The molecule has 2 aromatic heterocycles. The van der Waals surface area contributed by atoms with E-state index >= 15 is 0 Å². The highest BCUT2D eigenvalue weighted by atomic mass is 32.1. The summed E-state index contributed by atoms with van der Waals surface area (Å²) >= 11 is 1.73. The molecule has 44 heavy (non-hydrogen) atoms. The first kappa shape index (κ1) is 31.6. The van der Waals surface area contributed by atoms with Crippen molar-refractivity contribution in [3.8, 4) is 5.75 Å². The number of benzene rings is 2. The number of carbonyl (C=O) groups is 2. The van der Waals surface area contributed by atoms with Gasteiger partial charge in [-0.2, -0.15) is 0 Å². The average molecular weight is 616 g/mol. The second kappa shape index (κ2) is 14.3. The molecule has 234 valence electrons. The fraction of sp³-hybridized carbons (Fsp3) is 0.457. The van der Waals surface area contributed by atoms with Gasteiger partial charge >= 0.3 is 0 Å². The Morgan fingerprint density at radius 1 is 0.977 bits per heavy atom. The molecule has 0 aliphatic carbocycles. The summed E-state index contributed by atoms with van der Waals surface area (Å²) in [5.41, 5.74) is 3.14. The van der Waals surface area contributed by atoms with E-state index in [-0.39, 0.29) is 17.6 Å². The first-order valence-electron chi connectivity index (χ1n) is 15.9. The van der Waals surface area contributed by atoms with Crippen LogP contribution in [0, 0.1) is 5.92 Å². The van der Waals surface area contributed by atoms with Crippen LogP contribution in [0.25, 0.3) is 11.0 Å². The van der Waals surface area contributed by atoms with Crippen molar-refractivity contribution in [1.82, 2.24) is 19.8 Å². The van der Waals surface area contributed by atoms with Gasteiger partial charge in [-0.05, 0) is 73.4 Å². The summed E-state index contributed by atoms with van der Waals surface area (Å²) in [5, 5.41) is 15.5. The van der Waals surface area contributed by atoms with E-state index in [0.717, 1.165) is 48.2 Å². The zero-order valence-electron chi connectivity index (χ0n) is 26.3. The summed E-state index contributed by atoms with van der Waals surface area (Å²) in [6.45, 7) is 11.0. The molecule has 9 heteroatoms. The first-order chi connectivity index (χ1) is 21.3. The van der Waals surface area contributed by atoms with Crippen molar-refractivity contribution in [3.63, 3.8) is 0 Å². The molecule has 1 unspecified atom stereocenters. The topological polar surface area (TPSA) is 90.7 Å². The Labute approximate surface area is 264 Å². The quantitative estimate of drug-likeness (QED) is 0.187. The Kier molecular flexibility index (Phi) is 10.3. The van der Waals surface area contributed by atoms with Crippen LogP contribution >= 0.6 is 11.3 Å². The van der Waals surface area contributed by atoms with E-state index in [0.29, 0.717) is 50.1 Å². The van der Waals surface area contributed by atoms with E-state index in [1.807, 2.05) is 35.2 Å². The molecule has 2 N–H and O–H groups in total. The van der Waals surface area contributed by atoms with Gasteiger partial charge < -0.3 is 24.8 Å². The maximum absolute atomic E-state index is 13.8. The maximum Gasteiger partial charge on any atom is 0.252 e. The summed E-state index contributed by atoms with van der Waals surface area (Å²) in [6, 6.07) is 17.0. The largest absolute Gasteiger partial charge is 0.506 e. The summed E-state index contributed by atoms with van der Waals surface area (Å²) in [6.07, 6.45) is 4.18. The molecule has 5 rings (SSSR count). The van der Waals surface area contributed by atoms with E-state index in [4.69, 9.17) is 4.98 Å². The van der Waals surface area contributed by atoms with E-state index in [1.165, 1.54) is 4.88 Å². The Hall–Kier alpha value is -3.85. The van der Waals surface area contributed by atoms with Crippen molar-refractivity contribution in [3.05, 3.63) is 76.2 Å². The molecule has 1 atom stereocenters. The molecular weight excluding hydrogens is 570 g/mol. The lowest BCUT2D eigenvalue weighted by Gasteiger charge is -2.38. The van der Waals surface area contributed by atoms with Gasteiger partial charge in [0.1, 0.15) is 17.6 Å².